The highest BCUT2D eigenvalue weighted by Crippen LogP contribution is 2.30. The highest BCUT2D eigenvalue weighted by Gasteiger charge is 2.32. The lowest BCUT2D eigenvalue weighted by Gasteiger charge is -2.14. The standard InChI is InChI=1S/C19H18F3N5/c1-12(2)24-16-11-17(27-18(26-16)13-6-4-3-5-7-13)25-14-8-9-23-15(10-14)19(20,21)22/h3-12H,1-2H3,(H2,23,24,25,26,27). The van der Waals surface area contributed by atoms with Gasteiger partial charge in [-0.25, -0.2) is 9.97 Å². The van der Waals surface area contributed by atoms with Crippen LogP contribution in [-0.4, -0.2) is 21.0 Å². The lowest BCUT2D eigenvalue weighted by Crippen LogP contribution is -2.12. The first-order chi connectivity index (χ1) is 12.8. The van der Waals surface area contributed by atoms with Gasteiger partial charge in [-0.05, 0) is 26.0 Å². The first-order valence-electron chi connectivity index (χ1n) is 8.32. The number of rotatable bonds is 5. The SMILES string of the molecule is CC(C)Nc1cc(Nc2ccnc(C(F)(F)F)c2)nc(-c2ccccc2)n1. The number of benzene rings is 1. The van der Waals surface area contributed by atoms with Gasteiger partial charge in [0.25, 0.3) is 0 Å². The topological polar surface area (TPSA) is 62.7 Å². The number of hydrogen-bond acceptors (Lipinski definition) is 5. The molecular formula is C19H18F3N5. The molecule has 0 spiro atoms. The van der Waals surface area contributed by atoms with Crippen molar-refractivity contribution in [3.05, 3.63) is 60.4 Å². The van der Waals surface area contributed by atoms with Crippen LogP contribution in [0.3, 0.4) is 0 Å². The maximum absolute atomic E-state index is 12.9. The van der Waals surface area contributed by atoms with Gasteiger partial charge in [-0.3, -0.25) is 4.98 Å². The summed E-state index contributed by atoms with van der Waals surface area (Å²) in [6.45, 7) is 3.94. The predicted molar refractivity (Wildman–Crippen MR) is 98.7 cm³/mol. The van der Waals surface area contributed by atoms with Gasteiger partial charge < -0.3 is 10.6 Å². The van der Waals surface area contributed by atoms with Gasteiger partial charge in [0.15, 0.2) is 5.82 Å². The summed E-state index contributed by atoms with van der Waals surface area (Å²) in [6.07, 6.45) is -3.40. The second-order valence-electron chi connectivity index (χ2n) is 6.18. The molecule has 8 heteroatoms. The molecule has 0 unspecified atom stereocenters. The summed E-state index contributed by atoms with van der Waals surface area (Å²) in [5, 5.41) is 6.10. The van der Waals surface area contributed by atoms with Crippen molar-refractivity contribution >= 4 is 17.3 Å². The molecular weight excluding hydrogens is 355 g/mol. The molecule has 5 nitrogen and oxygen atoms in total. The van der Waals surface area contributed by atoms with Crippen LogP contribution < -0.4 is 10.6 Å². The van der Waals surface area contributed by atoms with Crippen LogP contribution in [0.25, 0.3) is 11.4 Å². The fourth-order valence-electron chi connectivity index (χ4n) is 2.41. The van der Waals surface area contributed by atoms with Gasteiger partial charge in [0.2, 0.25) is 0 Å². The Bertz CT molecular complexity index is 911. The summed E-state index contributed by atoms with van der Waals surface area (Å²) in [5.41, 5.74) is 0.0783. The van der Waals surface area contributed by atoms with Crippen LogP contribution >= 0.6 is 0 Å². The average Bonchev–Trinajstić information content (AvgIpc) is 2.61. The van der Waals surface area contributed by atoms with Crippen molar-refractivity contribution in [1.29, 1.82) is 0 Å². The molecule has 0 aliphatic rings. The third kappa shape index (κ3) is 4.93. The van der Waals surface area contributed by atoms with E-state index in [1.807, 2.05) is 44.2 Å². The Morgan fingerprint density at radius 3 is 2.30 bits per heavy atom. The van der Waals surface area contributed by atoms with E-state index < -0.39 is 11.9 Å². The molecule has 0 atom stereocenters. The summed E-state index contributed by atoms with van der Waals surface area (Å²) < 4.78 is 38.6. The van der Waals surface area contributed by atoms with Crippen LogP contribution in [0, 0.1) is 0 Å². The van der Waals surface area contributed by atoms with Gasteiger partial charge in [0.05, 0.1) is 0 Å². The lowest BCUT2D eigenvalue weighted by molar-refractivity contribution is -0.141. The zero-order chi connectivity index (χ0) is 19.4. The summed E-state index contributed by atoms with van der Waals surface area (Å²) in [6, 6.07) is 13.5. The van der Waals surface area contributed by atoms with E-state index in [4.69, 9.17) is 0 Å². The number of anilines is 3. The van der Waals surface area contributed by atoms with Gasteiger partial charge >= 0.3 is 6.18 Å². The van der Waals surface area contributed by atoms with Crippen molar-refractivity contribution in [1.82, 2.24) is 15.0 Å². The van der Waals surface area contributed by atoms with E-state index in [0.717, 1.165) is 17.8 Å². The molecule has 2 heterocycles. The second-order valence-corrected chi connectivity index (χ2v) is 6.18. The molecule has 0 saturated heterocycles. The summed E-state index contributed by atoms with van der Waals surface area (Å²) in [4.78, 5) is 12.3. The fourth-order valence-corrected chi connectivity index (χ4v) is 2.41. The molecule has 27 heavy (non-hydrogen) atoms. The van der Waals surface area contributed by atoms with Crippen molar-refractivity contribution in [3.63, 3.8) is 0 Å². The largest absolute Gasteiger partial charge is 0.433 e. The molecule has 0 aliphatic carbocycles. The Morgan fingerprint density at radius 1 is 0.926 bits per heavy atom. The molecule has 2 aromatic heterocycles. The van der Waals surface area contributed by atoms with Crippen LogP contribution in [0.4, 0.5) is 30.5 Å². The number of hydrogen-bond donors (Lipinski definition) is 2. The minimum atomic E-state index is -4.51. The molecule has 3 rings (SSSR count). The first kappa shape index (κ1) is 18.6. The van der Waals surface area contributed by atoms with E-state index in [1.165, 1.54) is 6.07 Å². The number of nitrogens with zero attached hydrogens (tertiary/aromatic N) is 3. The Balaban J connectivity index is 1.97. The third-order valence-corrected chi connectivity index (χ3v) is 3.52. The van der Waals surface area contributed by atoms with Crippen LogP contribution in [0.15, 0.2) is 54.7 Å². The predicted octanol–water partition coefficient (Wildman–Crippen LogP) is 5.12. The Morgan fingerprint density at radius 2 is 1.63 bits per heavy atom. The van der Waals surface area contributed by atoms with Crippen LogP contribution in [0.5, 0.6) is 0 Å². The van der Waals surface area contributed by atoms with Crippen molar-refractivity contribution in [2.24, 2.45) is 0 Å². The Labute approximate surface area is 154 Å². The molecule has 140 valence electrons. The summed E-state index contributed by atoms with van der Waals surface area (Å²) in [7, 11) is 0. The third-order valence-electron chi connectivity index (χ3n) is 3.52. The van der Waals surface area contributed by atoms with E-state index in [2.05, 4.69) is 25.6 Å². The molecule has 0 saturated carbocycles. The van der Waals surface area contributed by atoms with Crippen molar-refractivity contribution < 1.29 is 13.2 Å². The van der Waals surface area contributed by atoms with Gasteiger partial charge in [-0.2, -0.15) is 13.2 Å². The van der Waals surface area contributed by atoms with Gasteiger partial charge in [-0.15, -0.1) is 0 Å². The van der Waals surface area contributed by atoms with Gasteiger partial charge in [0, 0.05) is 29.6 Å². The van der Waals surface area contributed by atoms with Gasteiger partial charge in [0.1, 0.15) is 17.3 Å². The number of nitrogens with one attached hydrogen (secondary N) is 2. The van der Waals surface area contributed by atoms with E-state index in [1.54, 1.807) is 6.07 Å². The minimum absolute atomic E-state index is 0.133. The fraction of sp³-hybridized carbons (Fsp3) is 0.211. The molecule has 0 fully saturated rings. The minimum Gasteiger partial charge on any atom is -0.368 e. The molecule has 3 aromatic rings. The van der Waals surface area contributed by atoms with E-state index in [-0.39, 0.29) is 11.7 Å². The van der Waals surface area contributed by atoms with Crippen LogP contribution in [0.1, 0.15) is 19.5 Å². The highest BCUT2D eigenvalue weighted by atomic mass is 19.4. The summed E-state index contributed by atoms with van der Waals surface area (Å²) in [5.74, 6) is 1.42. The monoisotopic (exact) mass is 373 g/mol. The lowest BCUT2D eigenvalue weighted by atomic mass is 10.2. The summed E-state index contributed by atoms with van der Waals surface area (Å²) >= 11 is 0. The maximum atomic E-state index is 12.9. The van der Waals surface area contributed by atoms with Crippen molar-refractivity contribution in [2.75, 3.05) is 10.6 Å². The zero-order valence-electron chi connectivity index (χ0n) is 14.7. The molecule has 0 amide bonds. The Kier molecular flexibility index (Phi) is 5.25. The van der Waals surface area contributed by atoms with Crippen LogP contribution in [0.2, 0.25) is 0 Å². The number of pyridine rings is 1. The zero-order valence-corrected chi connectivity index (χ0v) is 14.7. The molecule has 0 aliphatic heterocycles. The normalized spacial score (nSPS) is 11.5. The molecule has 1 aromatic carbocycles. The molecule has 0 radical (unpaired) electrons. The smallest absolute Gasteiger partial charge is 0.368 e. The van der Waals surface area contributed by atoms with E-state index in [0.29, 0.717) is 17.5 Å². The van der Waals surface area contributed by atoms with Crippen LogP contribution in [-0.2, 0) is 6.18 Å². The van der Waals surface area contributed by atoms with Crippen molar-refractivity contribution in [3.8, 4) is 11.4 Å². The quantitative estimate of drug-likeness (QED) is 0.650. The number of alkyl halides is 3. The van der Waals surface area contributed by atoms with E-state index in [9.17, 15) is 13.2 Å². The molecule has 0 bridgehead atoms. The van der Waals surface area contributed by atoms with Gasteiger partial charge in [-0.1, -0.05) is 30.3 Å². The number of aromatic nitrogens is 3. The number of halogens is 3. The maximum Gasteiger partial charge on any atom is 0.433 e. The molecule has 2 N–H and O–H groups in total. The average molecular weight is 373 g/mol. The van der Waals surface area contributed by atoms with E-state index >= 15 is 0 Å². The van der Waals surface area contributed by atoms with Crippen molar-refractivity contribution in [2.45, 2.75) is 26.1 Å². The first-order valence-corrected chi connectivity index (χ1v) is 8.32. The Hall–Kier alpha value is -3.16. The second kappa shape index (κ2) is 7.61. The highest BCUT2D eigenvalue weighted by molar-refractivity contribution is 5.65.